The van der Waals surface area contributed by atoms with Crippen LogP contribution < -0.4 is 10.1 Å². The lowest BCUT2D eigenvalue weighted by atomic mass is 10.1. The molecule has 0 aromatic heterocycles. The molecule has 0 aliphatic rings. The average Bonchev–Trinajstić information content (AvgIpc) is 2.60. The number of nitrogens with one attached hydrogen (secondary N) is 1. The highest BCUT2D eigenvalue weighted by atomic mass is 35.5. The monoisotopic (exact) mass is 413 g/mol. The number of amides is 1. The lowest BCUT2D eigenvalue weighted by Crippen LogP contribution is -2.38. The molecule has 0 fully saturated rings. The zero-order valence-electron chi connectivity index (χ0n) is 14.7. The first-order chi connectivity index (χ1) is 12.8. The smallest absolute Gasteiger partial charge is 0.344 e. The highest BCUT2D eigenvalue weighted by Crippen LogP contribution is 2.26. The number of ether oxygens (including phenoxy) is 2. The van der Waals surface area contributed by atoms with Gasteiger partial charge in [0.05, 0.1) is 6.04 Å². The number of rotatable bonds is 7. The second-order valence-corrected chi connectivity index (χ2v) is 6.59. The Bertz CT molecular complexity index is 831. The fourth-order valence-electron chi connectivity index (χ4n) is 2.24. The van der Waals surface area contributed by atoms with Gasteiger partial charge in [0.2, 0.25) is 0 Å². The van der Waals surface area contributed by atoms with E-state index in [0.29, 0.717) is 15.6 Å². The summed E-state index contributed by atoms with van der Waals surface area (Å²) in [7, 11) is 0. The molecule has 1 N–H and O–H groups in total. The molecule has 27 heavy (non-hydrogen) atoms. The van der Waals surface area contributed by atoms with Crippen molar-refractivity contribution in [1.82, 2.24) is 5.32 Å². The van der Waals surface area contributed by atoms with E-state index in [1.165, 1.54) is 25.1 Å². The number of carbonyl (C=O) groups excluding carboxylic acids is 2. The van der Waals surface area contributed by atoms with Crippen LogP contribution in [0.15, 0.2) is 42.5 Å². The van der Waals surface area contributed by atoms with Gasteiger partial charge < -0.3 is 14.8 Å². The van der Waals surface area contributed by atoms with Crippen molar-refractivity contribution < 1.29 is 23.5 Å². The van der Waals surface area contributed by atoms with Crippen LogP contribution >= 0.6 is 23.2 Å². The largest absolute Gasteiger partial charge is 0.479 e. The van der Waals surface area contributed by atoms with Gasteiger partial charge in [-0.3, -0.25) is 4.79 Å². The minimum atomic E-state index is -1.06. The van der Waals surface area contributed by atoms with Gasteiger partial charge in [0.25, 0.3) is 5.91 Å². The zero-order valence-corrected chi connectivity index (χ0v) is 16.2. The maximum absolute atomic E-state index is 13.4. The highest BCUT2D eigenvalue weighted by molar-refractivity contribution is 6.35. The first-order valence-corrected chi connectivity index (χ1v) is 8.85. The molecule has 0 aliphatic carbocycles. The van der Waals surface area contributed by atoms with Gasteiger partial charge in [-0.1, -0.05) is 41.4 Å². The summed E-state index contributed by atoms with van der Waals surface area (Å²) in [5.41, 5.74) is 0.677. The van der Waals surface area contributed by atoms with Gasteiger partial charge in [-0.2, -0.15) is 0 Å². The molecular weight excluding hydrogens is 396 g/mol. The van der Waals surface area contributed by atoms with Crippen molar-refractivity contribution in [3.63, 3.8) is 0 Å². The normalized spacial score (nSPS) is 12.8. The van der Waals surface area contributed by atoms with Crippen LogP contribution in [0.3, 0.4) is 0 Å². The van der Waals surface area contributed by atoms with Crippen LogP contribution in [0, 0.1) is 5.82 Å². The number of carbonyl (C=O) groups is 2. The van der Waals surface area contributed by atoms with Gasteiger partial charge in [0, 0.05) is 10.0 Å². The van der Waals surface area contributed by atoms with Crippen LogP contribution in [-0.4, -0.2) is 24.6 Å². The van der Waals surface area contributed by atoms with Crippen molar-refractivity contribution in [2.45, 2.75) is 26.0 Å². The van der Waals surface area contributed by atoms with Crippen molar-refractivity contribution in [3.05, 3.63) is 63.9 Å². The number of esters is 1. The van der Waals surface area contributed by atoms with Crippen molar-refractivity contribution in [2.75, 3.05) is 6.61 Å². The average molecular weight is 414 g/mol. The third-order valence-corrected chi connectivity index (χ3v) is 4.21. The molecule has 0 saturated carbocycles. The molecule has 0 heterocycles. The fraction of sp³-hybridized carbons (Fsp3) is 0.263. The summed E-state index contributed by atoms with van der Waals surface area (Å²) < 4.78 is 23.5. The number of halogens is 3. The highest BCUT2D eigenvalue weighted by Gasteiger charge is 2.21. The Morgan fingerprint density at radius 1 is 1.15 bits per heavy atom. The summed E-state index contributed by atoms with van der Waals surface area (Å²) in [5, 5.41) is 3.60. The standard InChI is InChI=1S/C19H18Cl2FNO4/c1-11(14-8-7-13(20)9-15(14)21)23-19(25)12(2)27-18(24)10-26-17-6-4-3-5-16(17)22/h3-9,11-12H,10H2,1-2H3,(H,23,25)/t11-,12+/m1/s1. The summed E-state index contributed by atoms with van der Waals surface area (Å²) in [4.78, 5) is 24.0. The van der Waals surface area contributed by atoms with E-state index in [2.05, 4.69) is 5.32 Å². The molecule has 2 aromatic rings. The van der Waals surface area contributed by atoms with Gasteiger partial charge in [0.15, 0.2) is 24.3 Å². The second-order valence-electron chi connectivity index (χ2n) is 5.75. The van der Waals surface area contributed by atoms with Crippen molar-refractivity contribution in [1.29, 1.82) is 0 Å². The topological polar surface area (TPSA) is 64.6 Å². The van der Waals surface area contributed by atoms with Gasteiger partial charge in [0.1, 0.15) is 0 Å². The van der Waals surface area contributed by atoms with Crippen molar-refractivity contribution in [3.8, 4) is 5.75 Å². The summed E-state index contributed by atoms with van der Waals surface area (Å²) >= 11 is 12.0. The Hall–Kier alpha value is -2.31. The molecule has 0 saturated heterocycles. The second kappa shape index (κ2) is 9.58. The molecule has 0 aliphatic heterocycles. The van der Waals surface area contributed by atoms with E-state index in [4.69, 9.17) is 32.7 Å². The van der Waals surface area contributed by atoms with Crippen LogP contribution in [0.5, 0.6) is 5.75 Å². The Morgan fingerprint density at radius 3 is 2.52 bits per heavy atom. The van der Waals surface area contributed by atoms with Crippen molar-refractivity contribution >= 4 is 35.1 Å². The summed E-state index contributed by atoms with van der Waals surface area (Å²) in [6.45, 7) is 2.65. The first-order valence-electron chi connectivity index (χ1n) is 8.10. The van der Waals surface area contributed by atoms with E-state index in [-0.39, 0.29) is 5.75 Å². The molecule has 5 nitrogen and oxygen atoms in total. The maximum Gasteiger partial charge on any atom is 0.344 e. The molecule has 144 valence electrons. The maximum atomic E-state index is 13.4. The minimum Gasteiger partial charge on any atom is -0.479 e. The van der Waals surface area contributed by atoms with Crippen LogP contribution in [0.4, 0.5) is 4.39 Å². The van der Waals surface area contributed by atoms with Gasteiger partial charge >= 0.3 is 5.97 Å². The van der Waals surface area contributed by atoms with E-state index in [9.17, 15) is 14.0 Å². The lowest BCUT2D eigenvalue weighted by molar-refractivity contribution is -0.156. The van der Waals surface area contributed by atoms with Gasteiger partial charge in [-0.15, -0.1) is 0 Å². The van der Waals surface area contributed by atoms with Crippen LogP contribution in [0.2, 0.25) is 10.0 Å². The van der Waals surface area contributed by atoms with E-state index >= 15 is 0 Å². The molecule has 0 spiro atoms. The SMILES string of the molecule is C[C@H](OC(=O)COc1ccccc1F)C(=O)N[C@H](C)c1ccc(Cl)cc1Cl. The molecule has 1 amide bonds. The third kappa shape index (κ3) is 6.12. The number of hydrogen-bond acceptors (Lipinski definition) is 4. The Kier molecular flexibility index (Phi) is 7.45. The Labute approximate surface area is 166 Å². The molecule has 0 bridgehead atoms. The fourth-order valence-corrected chi connectivity index (χ4v) is 2.82. The van der Waals surface area contributed by atoms with Crippen LogP contribution in [0.1, 0.15) is 25.5 Å². The third-order valence-electron chi connectivity index (χ3n) is 3.65. The van der Waals surface area contributed by atoms with Crippen LogP contribution in [0.25, 0.3) is 0 Å². The molecule has 8 heteroatoms. The molecule has 2 atom stereocenters. The van der Waals surface area contributed by atoms with Gasteiger partial charge in [-0.25, -0.2) is 9.18 Å². The minimum absolute atomic E-state index is 0.0717. The predicted molar refractivity (Wildman–Crippen MR) is 100 cm³/mol. The van der Waals surface area contributed by atoms with E-state index in [0.717, 1.165) is 0 Å². The Morgan fingerprint density at radius 2 is 1.85 bits per heavy atom. The molecule has 2 rings (SSSR count). The van der Waals surface area contributed by atoms with E-state index in [1.807, 2.05) is 0 Å². The zero-order chi connectivity index (χ0) is 20.0. The summed E-state index contributed by atoms with van der Waals surface area (Å²) in [5.74, 6) is -1.96. The molecular formula is C19H18Cl2FNO4. The summed E-state index contributed by atoms with van der Waals surface area (Å²) in [6.07, 6.45) is -1.06. The van der Waals surface area contributed by atoms with E-state index in [1.54, 1.807) is 31.2 Å². The molecule has 0 unspecified atom stereocenters. The number of para-hydroxylation sites is 1. The predicted octanol–water partition coefficient (Wildman–Crippen LogP) is 4.32. The van der Waals surface area contributed by atoms with Crippen molar-refractivity contribution in [2.24, 2.45) is 0 Å². The Balaban J connectivity index is 1.85. The van der Waals surface area contributed by atoms with Crippen LogP contribution in [-0.2, 0) is 14.3 Å². The number of hydrogen-bond donors (Lipinski definition) is 1. The molecule has 0 radical (unpaired) electrons. The summed E-state index contributed by atoms with van der Waals surface area (Å²) in [6, 6.07) is 10.2. The quantitative estimate of drug-likeness (QED) is 0.686. The molecule has 2 aromatic carbocycles. The lowest BCUT2D eigenvalue weighted by Gasteiger charge is -2.19. The van der Waals surface area contributed by atoms with E-state index < -0.39 is 36.4 Å². The first kappa shape index (κ1) is 21.0. The number of benzene rings is 2. The van der Waals surface area contributed by atoms with Gasteiger partial charge in [-0.05, 0) is 43.7 Å².